The van der Waals surface area contributed by atoms with Gasteiger partial charge in [0.15, 0.2) is 0 Å². The van der Waals surface area contributed by atoms with Gasteiger partial charge in [-0.15, -0.1) is 0 Å². The minimum Gasteiger partial charge on any atom is -0.494 e. The molecule has 0 aliphatic carbocycles. The molecule has 0 radical (unpaired) electrons. The Balaban J connectivity index is 1.71. The lowest BCUT2D eigenvalue weighted by atomic mass is 10.1. The van der Waals surface area contributed by atoms with Crippen LogP contribution in [-0.4, -0.2) is 21.6 Å². The maximum Gasteiger partial charge on any atom is 0.328 e. The molecule has 0 fully saturated rings. The summed E-state index contributed by atoms with van der Waals surface area (Å²) in [4.78, 5) is 24.5. The lowest BCUT2D eigenvalue weighted by Gasteiger charge is -2.09. The molecule has 0 bridgehead atoms. The average Bonchev–Trinajstić information content (AvgIpc) is 2.86. The predicted molar refractivity (Wildman–Crippen MR) is 108 cm³/mol. The van der Waals surface area contributed by atoms with Gasteiger partial charge in [-0.1, -0.05) is 13.8 Å². The van der Waals surface area contributed by atoms with Crippen LogP contribution in [0.15, 0.2) is 47.3 Å². The van der Waals surface area contributed by atoms with Gasteiger partial charge in [-0.05, 0) is 54.8 Å². The van der Waals surface area contributed by atoms with Gasteiger partial charge in [0.05, 0.1) is 17.6 Å². The highest BCUT2D eigenvalue weighted by Crippen LogP contribution is 2.19. The molecule has 6 heteroatoms. The standard InChI is InChI=1S/C21H25N3O3/c1-14(2)11-12-27-17-8-5-15(6-9-17)20(25)22-16-7-10-18-19(13-16)24(4)21(26)23(18)3/h5-10,13-14H,11-12H2,1-4H3,(H,22,25). The largest absolute Gasteiger partial charge is 0.494 e. The Hall–Kier alpha value is -3.02. The monoisotopic (exact) mass is 367 g/mol. The molecular formula is C21H25N3O3. The number of hydrogen-bond acceptors (Lipinski definition) is 3. The molecule has 1 heterocycles. The zero-order valence-electron chi connectivity index (χ0n) is 16.2. The first-order chi connectivity index (χ1) is 12.9. The van der Waals surface area contributed by atoms with E-state index >= 15 is 0 Å². The Labute approximate surface area is 158 Å². The van der Waals surface area contributed by atoms with Crippen molar-refractivity contribution in [2.75, 3.05) is 11.9 Å². The van der Waals surface area contributed by atoms with Gasteiger partial charge in [-0.2, -0.15) is 0 Å². The van der Waals surface area contributed by atoms with Crippen LogP contribution in [0.2, 0.25) is 0 Å². The second-order valence-corrected chi connectivity index (χ2v) is 7.11. The summed E-state index contributed by atoms with van der Waals surface area (Å²) in [6.07, 6.45) is 0.993. The molecule has 3 rings (SSSR count). The maximum atomic E-state index is 12.5. The highest BCUT2D eigenvalue weighted by molar-refractivity contribution is 6.05. The van der Waals surface area contributed by atoms with E-state index in [0.717, 1.165) is 23.2 Å². The van der Waals surface area contributed by atoms with Crippen molar-refractivity contribution in [3.63, 3.8) is 0 Å². The maximum absolute atomic E-state index is 12.5. The van der Waals surface area contributed by atoms with Gasteiger partial charge in [-0.3, -0.25) is 13.9 Å². The Kier molecular flexibility index (Phi) is 5.35. The number of hydrogen-bond donors (Lipinski definition) is 1. The molecule has 3 aromatic rings. The van der Waals surface area contributed by atoms with Gasteiger partial charge >= 0.3 is 5.69 Å². The van der Waals surface area contributed by atoms with Gasteiger partial charge in [0.2, 0.25) is 0 Å². The van der Waals surface area contributed by atoms with Crippen molar-refractivity contribution in [3.05, 3.63) is 58.5 Å². The number of amides is 1. The molecule has 6 nitrogen and oxygen atoms in total. The summed E-state index contributed by atoms with van der Waals surface area (Å²) in [6, 6.07) is 12.5. The fourth-order valence-corrected chi connectivity index (χ4v) is 2.90. The van der Waals surface area contributed by atoms with E-state index in [-0.39, 0.29) is 11.6 Å². The van der Waals surface area contributed by atoms with Crippen molar-refractivity contribution in [3.8, 4) is 5.75 Å². The van der Waals surface area contributed by atoms with E-state index in [2.05, 4.69) is 19.2 Å². The minimum absolute atomic E-state index is 0.0958. The molecule has 1 aromatic heterocycles. The van der Waals surface area contributed by atoms with E-state index in [4.69, 9.17) is 4.74 Å². The zero-order valence-corrected chi connectivity index (χ0v) is 16.2. The third kappa shape index (κ3) is 4.05. The number of benzene rings is 2. The lowest BCUT2D eigenvalue weighted by Crippen LogP contribution is -2.19. The molecule has 27 heavy (non-hydrogen) atoms. The van der Waals surface area contributed by atoms with Crippen LogP contribution in [0.4, 0.5) is 5.69 Å². The molecule has 1 N–H and O–H groups in total. The average molecular weight is 367 g/mol. The number of nitrogens with zero attached hydrogens (tertiary/aromatic N) is 2. The number of aromatic nitrogens is 2. The van der Waals surface area contributed by atoms with Crippen molar-refractivity contribution >= 4 is 22.6 Å². The Morgan fingerprint density at radius 1 is 1.04 bits per heavy atom. The van der Waals surface area contributed by atoms with Crippen molar-refractivity contribution < 1.29 is 9.53 Å². The molecular weight excluding hydrogens is 342 g/mol. The van der Waals surface area contributed by atoms with Crippen LogP contribution < -0.4 is 15.7 Å². The van der Waals surface area contributed by atoms with Gasteiger partial charge < -0.3 is 10.1 Å². The number of carbonyl (C=O) groups excluding carboxylic acids is 1. The SMILES string of the molecule is CC(C)CCOc1ccc(C(=O)Nc2ccc3c(c2)n(C)c(=O)n3C)cc1. The summed E-state index contributed by atoms with van der Waals surface area (Å²) >= 11 is 0. The summed E-state index contributed by atoms with van der Waals surface area (Å²) in [6.45, 7) is 4.97. The van der Waals surface area contributed by atoms with Gasteiger partial charge in [0.25, 0.3) is 5.91 Å². The number of imidazole rings is 1. The highest BCUT2D eigenvalue weighted by Gasteiger charge is 2.11. The number of carbonyl (C=O) groups is 1. The summed E-state index contributed by atoms with van der Waals surface area (Å²) < 4.78 is 8.82. The lowest BCUT2D eigenvalue weighted by molar-refractivity contribution is 0.102. The molecule has 0 saturated carbocycles. The van der Waals surface area contributed by atoms with E-state index in [0.29, 0.717) is 23.8 Å². The summed E-state index contributed by atoms with van der Waals surface area (Å²) in [5.74, 6) is 1.15. The molecule has 0 aliphatic heterocycles. The molecule has 2 aromatic carbocycles. The van der Waals surface area contributed by atoms with Crippen LogP contribution in [0.3, 0.4) is 0 Å². The molecule has 0 unspecified atom stereocenters. The van der Waals surface area contributed by atoms with Crippen molar-refractivity contribution in [1.82, 2.24) is 9.13 Å². The van der Waals surface area contributed by atoms with Gasteiger partial charge in [-0.25, -0.2) is 4.79 Å². The van der Waals surface area contributed by atoms with Crippen molar-refractivity contribution in [2.24, 2.45) is 20.0 Å². The number of anilines is 1. The zero-order chi connectivity index (χ0) is 19.6. The van der Waals surface area contributed by atoms with Crippen molar-refractivity contribution in [1.29, 1.82) is 0 Å². The third-order valence-corrected chi connectivity index (χ3v) is 4.61. The first-order valence-electron chi connectivity index (χ1n) is 9.06. The fourth-order valence-electron chi connectivity index (χ4n) is 2.90. The summed E-state index contributed by atoms with van der Waals surface area (Å²) in [5.41, 5.74) is 2.69. The van der Waals surface area contributed by atoms with Crippen LogP contribution in [0, 0.1) is 5.92 Å². The van der Waals surface area contributed by atoms with E-state index in [1.165, 1.54) is 0 Å². The molecule has 0 spiro atoms. The number of nitrogens with one attached hydrogen (secondary N) is 1. The predicted octanol–water partition coefficient (Wildman–Crippen LogP) is 3.55. The summed E-state index contributed by atoms with van der Waals surface area (Å²) in [7, 11) is 3.45. The normalized spacial score (nSPS) is 11.1. The topological polar surface area (TPSA) is 65.3 Å². The third-order valence-electron chi connectivity index (χ3n) is 4.61. The van der Waals surface area contributed by atoms with E-state index in [1.807, 2.05) is 6.07 Å². The molecule has 0 atom stereocenters. The minimum atomic E-state index is -0.205. The Morgan fingerprint density at radius 2 is 1.70 bits per heavy atom. The highest BCUT2D eigenvalue weighted by atomic mass is 16.5. The molecule has 0 saturated heterocycles. The van der Waals surface area contributed by atoms with Crippen LogP contribution >= 0.6 is 0 Å². The Bertz CT molecular complexity index is 1010. The van der Waals surface area contributed by atoms with Crippen LogP contribution in [0.25, 0.3) is 11.0 Å². The van der Waals surface area contributed by atoms with Crippen LogP contribution in [-0.2, 0) is 14.1 Å². The molecule has 0 aliphatic rings. The number of rotatable bonds is 6. The Morgan fingerprint density at radius 3 is 2.37 bits per heavy atom. The van der Waals surface area contributed by atoms with Gasteiger partial charge in [0, 0.05) is 25.3 Å². The smallest absolute Gasteiger partial charge is 0.328 e. The van der Waals surface area contributed by atoms with E-state index in [9.17, 15) is 9.59 Å². The van der Waals surface area contributed by atoms with E-state index in [1.54, 1.807) is 59.6 Å². The number of ether oxygens (including phenoxy) is 1. The molecule has 142 valence electrons. The van der Waals surface area contributed by atoms with E-state index < -0.39 is 0 Å². The molecule has 1 amide bonds. The number of fused-ring (bicyclic) bond motifs is 1. The van der Waals surface area contributed by atoms with Crippen molar-refractivity contribution in [2.45, 2.75) is 20.3 Å². The first kappa shape index (κ1) is 18.8. The van der Waals surface area contributed by atoms with Crippen LogP contribution in [0.5, 0.6) is 5.75 Å². The van der Waals surface area contributed by atoms with Gasteiger partial charge in [0.1, 0.15) is 5.75 Å². The first-order valence-corrected chi connectivity index (χ1v) is 9.06. The second kappa shape index (κ2) is 7.70. The quantitative estimate of drug-likeness (QED) is 0.724. The van der Waals surface area contributed by atoms with Crippen LogP contribution in [0.1, 0.15) is 30.6 Å². The summed E-state index contributed by atoms with van der Waals surface area (Å²) in [5, 5.41) is 2.88. The second-order valence-electron chi connectivity index (χ2n) is 7.11. The number of aryl methyl sites for hydroxylation is 2. The fraction of sp³-hybridized carbons (Fsp3) is 0.333.